The van der Waals surface area contributed by atoms with E-state index in [0.717, 1.165) is 79.1 Å². The van der Waals surface area contributed by atoms with Gasteiger partial charge in [-0.2, -0.15) is 52.3 Å². The van der Waals surface area contributed by atoms with Crippen molar-refractivity contribution in [2.24, 2.45) is 20.5 Å². The van der Waals surface area contributed by atoms with Crippen LogP contribution in [-0.4, -0.2) is 89.7 Å². The molecule has 0 saturated heterocycles. The summed E-state index contributed by atoms with van der Waals surface area (Å²) in [5.41, 5.74) is 7.69. The standard InChI is InChI=1S/C35H28N6O19S6/c1-61(44,45)26-12-20(38-40-32-28(65(55,56)57)10-18-8-22(62(46,47)48)14-24(36)30(18)34(32)42)6-4-16(26)2-3-17-5-7-21(13-27(17)64(52,53)54)39-41-33-29(66(58,59)60)11-19-9-23(63(49,50)51)15-25(37)31(19)35(33)43/h2-15,42-43H,36-37H2,1H3,(H,46,47,48)(H,49,50,51)(H,52,53,54)(H,55,56,57)(H,58,59,60)/b3-2+,40-38?,41-39?. The Morgan fingerprint density at radius 1 is 0.439 bits per heavy atom. The number of aromatic hydroxyl groups is 2. The number of rotatable bonds is 12. The van der Waals surface area contributed by atoms with Crippen molar-refractivity contribution in [3.05, 3.63) is 83.9 Å². The number of phenolic OH excluding ortho intramolecular Hbond substituents is 2. The molecule has 0 aliphatic carbocycles. The fourth-order valence-electron chi connectivity index (χ4n) is 6.25. The van der Waals surface area contributed by atoms with E-state index in [4.69, 9.17) is 11.5 Å². The lowest BCUT2D eigenvalue weighted by atomic mass is 10.1. The minimum atomic E-state index is -5.27. The molecule has 0 amide bonds. The van der Waals surface area contributed by atoms with Gasteiger partial charge >= 0.3 is 0 Å². The van der Waals surface area contributed by atoms with Crippen LogP contribution >= 0.6 is 0 Å². The number of anilines is 2. The van der Waals surface area contributed by atoms with E-state index in [2.05, 4.69) is 20.5 Å². The summed E-state index contributed by atoms with van der Waals surface area (Å²) in [6.45, 7) is 0. The first-order chi connectivity index (χ1) is 30.2. The predicted molar refractivity (Wildman–Crippen MR) is 232 cm³/mol. The van der Waals surface area contributed by atoms with E-state index in [1.54, 1.807) is 0 Å². The molecule has 6 aromatic rings. The van der Waals surface area contributed by atoms with Gasteiger partial charge in [0, 0.05) is 28.4 Å². The third-order valence-electron chi connectivity index (χ3n) is 9.10. The van der Waals surface area contributed by atoms with E-state index in [0.29, 0.717) is 12.1 Å². The molecule has 0 aromatic heterocycles. The van der Waals surface area contributed by atoms with Gasteiger partial charge in [0.05, 0.1) is 26.1 Å². The molecule has 0 saturated carbocycles. The average molecular weight is 1030 g/mol. The minimum absolute atomic E-state index is 0.136. The summed E-state index contributed by atoms with van der Waals surface area (Å²) >= 11 is 0. The van der Waals surface area contributed by atoms with Crippen molar-refractivity contribution in [1.82, 2.24) is 0 Å². The van der Waals surface area contributed by atoms with E-state index in [1.165, 1.54) is 0 Å². The molecule has 0 aliphatic heterocycles. The molecule has 25 nitrogen and oxygen atoms in total. The zero-order valence-corrected chi connectivity index (χ0v) is 37.4. The van der Waals surface area contributed by atoms with Crippen molar-refractivity contribution >= 4 is 128 Å². The zero-order valence-electron chi connectivity index (χ0n) is 32.5. The fourth-order valence-corrected chi connectivity index (χ4v) is 10.3. The van der Waals surface area contributed by atoms with E-state index in [9.17, 15) is 83.5 Å². The van der Waals surface area contributed by atoms with Gasteiger partial charge in [0.2, 0.25) is 0 Å². The van der Waals surface area contributed by atoms with Crippen molar-refractivity contribution in [1.29, 1.82) is 0 Å². The highest BCUT2D eigenvalue weighted by Gasteiger charge is 2.27. The second kappa shape index (κ2) is 16.7. The van der Waals surface area contributed by atoms with Gasteiger partial charge in [-0.1, -0.05) is 24.3 Å². The van der Waals surface area contributed by atoms with Crippen molar-refractivity contribution in [2.45, 2.75) is 29.4 Å². The van der Waals surface area contributed by atoms with Crippen LogP contribution in [0.2, 0.25) is 0 Å². The summed E-state index contributed by atoms with van der Waals surface area (Å²) in [6.07, 6.45) is 2.89. The molecule has 0 atom stereocenters. The Bertz CT molecular complexity index is 3660. The monoisotopic (exact) mass is 1030 g/mol. The molecule has 0 aliphatic rings. The smallest absolute Gasteiger partial charge is 0.296 e. The first-order valence-corrected chi connectivity index (χ1v) is 26.3. The summed E-state index contributed by atoms with van der Waals surface area (Å²) in [5.74, 6) is -2.07. The molecule has 66 heavy (non-hydrogen) atoms. The van der Waals surface area contributed by atoms with Crippen molar-refractivity contribution < 1.29 is 83.5 Å². The Morgan fingerprint density at radius 3 is 1.12 bits per heavy atom. The highest BCUT2D eigenvalue weighted by atomic mass is 32.2. The molecule has 348 valence electrons. The van der Waals surface area contributed by atoms with Crippen LogP contribution in [0.15, 0.2) is 123 Å². The van der Waals surface area contributed by atoms with E-state index in [-0.39, 0.29) is 33.0 Å². The van der Waals surface area contributed by atoms with E-state index >= 15 is 0 Å². The molecule has 0 fully saturated rings. The van der Waals surface area contributed by atoms with Gasteiger partial charge in [-0.25, -0.2) is 8.42 Å². The van der Waals surface area contributed by atoms with Crippen LogP contribution in [-0.2, 0) is 60.4 Å². The SMILES string of the molecule is CS(=O)(=O)c1cc(N=Nc2c(S(=O)(=O)O)cc3cc(S(=O)(=O)O)cc(N)c3c2O)ccc1/C=C/c1ccc(N=Nc2c(S(=O)(=O)O)cc3cc(S(=O)(=O)O)cc(N)c3c2O)cc1S(=O)(=O)O. The number of hydrogen-bond acceptors (Lipinski definition) is 20. The number of azo groups is 2. The molecule has 0 unspecified atom stereocenters. The normalized spacial score (nSPS) is 13.5. The Morgan fingerprint density at radius 2 is 0.788 bits per heavy atom. The second-order valence-electron chi connectivity index (χ2n) is 13.7. The third kappa shape index (κ3) is 10.1. The molecule has 0 bridgehead atoms. The molecular formula is C35H28N6O19S6. The van der Waals surface area contributed by atoms with Crippen LogP contribution in [0, 0.1) is 0 Å². The fraction of sp³-hybridized carbons (Fsp3) is 0.0286. The molecule has 0 heterocycles. The Balaban J connectivity index is 1.40. The van der Waals surface area contributed by atoms with Gasteiger partial charge in [-0.05, 0) is 82.6 Å². The maximum absolute atomic E-state index is 12.9. The molecule has 6 rings (SSSR count). The number of sulfone groups is 1. The largest absolute Gasteiger partial charge is 0.505 e. The lowest BCUT2D eigenvalue weighted by molar-refractivity contribution is 0.471. The topological polar surface area (TPSA) is 448 Å². The van der Waals surface area contributed by atoms with E-state index in [1.807, 2.05) is 0 Å². The maximum atomic E-state index is 12.9. The third-order valence-corrected chi connectivity index (χ3v) is 14.6. The number of nitrogen functional groups attached to an aromatic ring is 2. The zero-order chi connectivity index (χ0) is 49.3. The van der Waals surface area contributed by atoms with Gasteiger partial charge in [0.15, 0.2) is 21.3 Å². The molecule has 11 N–H and O–H groups in total. The van der Waals surface area contributed by atoms with Gasteiger partial charge in [-0.15, -0.1) is 10.2 Å². The quantitative estimate of drug-likeness (QED) is 0.0329. The maximum Gasteiger partial charge on any atom is 0.296 e. The summed E-state index contributed by atoms with van der Waals surface area (Å²) in [5, 5.41) is 35.2. The number of nitrogens with zero attached hydrogens (tertiary/aromatic N) is 4. The molecular weight excluding hydrogens is 1000 g/mol. The number of phenols is 2. The van der Waals surface area contributed by atoms with Crippen LogP contribution in [0.4, 0.5) is 34.1 Å². The number of hydrogen-bond donors (Lipinski definition) is 9. The highest BCUT2D eigenvalue weighted by Crippen LogP contribution is 2.46. The predicted octanol–water partition coefficient (Wildman–Crippen LogP) is 5.21. The van der Waals surface area contributed by atoms with Crippen molar-refractivity contribution in [2.75, 3.05) is 17.7 Å². The van der Waals surface area contributed by atoms with E-state index < -0.39 is 135 Å². The van der Waals surface area contributed by atoms with Crippen LogP contribution < -0.4 is 11.5 Å². The summed E-state index contributed by atoms with van der Waals surface area (Å²) in [7, 11) is -29.6. The molecule has 0 spiro atoms. The van der Waals surface area contributed by atoms with Crippen LogP contribution in [0.1, 0.15) is 11.1 Å². The van der Waals surface area contributed by atoms with Gasteiger partial charge in [-0.3, -0.25) is 22.8 Å². The van der Waals surface area contributed by atoms with Crippen molar-refractivity contribution in [3.8, 4) is 11.5 Å². The Hall–Kier alpha value is -6.52. The lowest BCUT2D eigenvalue weighted by Crippen LogP contribution is -2.03. The van der Waals surface area contributed by atoms with Crippen LogP contribution in [0.3, 0.4) is 0 Å². The second-order valence-corrected chi connectivity index (χ2v) is 22.7. The average Bonchev–Trinajstić information content (AvgIpc) is 3.16. The lowest BCUT2D eigenvalue weighted by Gasteiger charge is -2.12. The minimum Gasteiger partial charge on any atom is -0.505 e. The first kappa shape index (κ1) is 48.9. The molecule has 0 radical (unpaired) electrons. The first-order valence-electron chi connectivity index (χ1n) is 17.2. The number of nitrogens with two attached hydrogens (primary N) is 2. The summed E-state index contributed by atoms with van der Waals surface area (Å²) < 4.78 is 196. The van der Waals surface area contributed by atoms with Gasteiger partial charge in [0.1, 0.15) is 26.1 Å². The number of fused-ring (bicyclic) bond motifs is 2. The summed E-state index contributed by atoms with van der Waals surface area (Å²) in [6, 6.07) is 10.3. The Labute approximate surface area is 372 Å². The van der Waals surface area contributed by atoms with Gasteiger partial charge < -0.3 is 21.7 Å². The van der Waals surface area contributed by atoms with Gasteiger partial charge in [0.25, 0.3) is 50.6 Å². The Kier molecular flexibility index (Phi) is 12.4. The highest BCUT2D eigenvalue weighted by molar-refractivity contribution is 7.90. The van der Waals surface area contributed by atoms with Crippen LogP contribution in [0.5, 0.6) is 11.5 Å². The van der Waals surface area contributed by atoms with Crippen LogP contribution in [0.25, 0.3) is 33.7 Å². The molecule has 6 aromatic carbocycles. The van der Waals surface area contributed by atoms with Crippen molar-refractivity contribution in [3.63, 3.8) is 0 Å². The molecule has 31 heteroatoms. The summed E-state index contributed by atoms with van der Waals surface area (Å²) in [4.78, 5) is -5.18. The number of benzene rings is 6.